The van der Waals surface area contributed by atoms with Crippen molar-refractivity contribution in [2.24, 2.45) is 5.73 Å². The minimum absolute atomic E-state index is 0.0250. The molecule has 0 saturated carbocycles. The highest BCUT2D eigenvalue weighted by Gasteiger charge is 2.36. The highest BCUT2D eigenvalue weighted by molar-refractivity contribution is 5.83. The van der Waals surface area contributed by atoms with Crippen molar-refractivity contribution in [3.63, 3.8) is 0 Å². The fraction of sp³-hybridized carbons (Fsp3) is 0.909. The van der Waals surface area contributed by atoms with Crippen LogP contribution in [0.1, 0.15) is 27.2 Å². The van der Waals surface area contributed by atoms with Gasteiger partial charge < -0.3 is 10.6 Å². The number of piperazine rings is 1. The summed E-state index contributed by atoms with van der Waals surface area (Å²) in [5, 5.41) is 0. The van der Waals surface area contributed by atoms with Crippen molar-refractivity contribution >= 4 is 5.91 Å². The Hall–Kier alpha value is -0.610. The second-order valence-electron chi connectivity index (χ2n) is 5.23. The molecule has 0 aromatic heterocycles. The number of nitrogens with zero attached hydrogens (tertiary/aromatic N) is 2. The lowest BCUT2D eigenvalue weighted by Crippen LogP contribution is -2.61. The molecule has 88 valence electrons. The maximum absolute atomic E-state index is 12.2. The van der Waals surface area contributed by atoms with Gasteiger partial charge in [0.2, 0.25) is 5.91 Å². The van der Waals surface area contributed by atoms with Gasteiger partial charge in [-0.1, -0.05) is 0 Å². The molecule has 2 N–H and O–H groups in total. The van der Waals surface area contributed by atoms with E-state index in [0.717, 1.165) is 19.5 Å². The molecule has 1 fully saturated rings. The number of hydrogen-bond donors (Lipinski definition) is 1. The van der Waals surface area contributed by atoms with Gasteiger partial charge in [0.25, 0.3) is 0 Å². The lowest BCUT2D eigenvalue weighted by atomic mass is 10.00. The van der Waals surface area contributed by atoms with Crippen molar-refractivity contribution < 1.29 is 4.79 Å². The minimum Gasteiger partial charge on any atom is -0.335 e. The minimum atomic E-state index is -0.0782. The Morgan fingerprint density at radius 1 is 1.40 bits per heavy atom. The Kier molecular flexibility index (Phi) is 3.73. The molecule has 1 unspecified atom stereocenters. The van der Waals surface area contributed by atoms with Crippen LogP contribution in [0.4, 0.5) is 0 Å². The Morgan fingerprint density at radius 2 is 2.00 bits per heavy atom. The van der Waals surface area contributed by atoms with E-state index in [9.17, 15) is 4.79 Å². The zero-order valence-corrected chi connectivity index (χ0v) is 10.3. The van der Waals surface area contributed by atoms with Gasteiger partial charge in [-0.25, -0.2) is 0 Å². The molecule has 1 aliphatic heterocycles. The van der Waals surface area contributed by atoms with Gasteiger partial charge >= 0.3 is 0 Å². The van der Waals surface area contributed by atoms with E-state index in [1.807, 2.05) is 11.9 Å². The first-order valence-corrected chi connectivity index (χ1v) is 5.59. The topological polar surface area (TPSA) is 49.6 Å². The van der Waals surface area contributed by atoms with Gasteiger partial charge in [0.15, 0.2) is 0 Å². The number of carbonyl (C=O) groups is 1. The fourth-order valence-electron chi connectivity index (χ4n) is 2.06. The average molecular weight is 213 g/mol. The third-order valence-corrected chi connectivity index (χ3v) is 3.01. The first-order valence-electron chi connectivity index (χ1n) is 5.59. The van der Waals surface area contributed by atoms with E-state index < -0.39 is 0 Å². The smallest absolute Gasteiger partial charge is 0.240 e. The molecule has 0 bridgehead atoms. The van der Waals surface area contributed by atoms with Crippen LogP contribution in [-0.2, 0) is 4.79 Å². The molecule has 0 aromatic rings. The second kappa shape index (κ2) is 4.49. The first kappa shape index (κ1) is 12.5. The molecular formula is C11H23N3O. The van der Waals surface area contributed by atoms with E-state index in [4.69, 9.17) is 5.73 Å². The molecule has 0 radical (unpaired) electrons. The van der Waals surface area contributed by atoms with Crippen molar-refractivity contribution in [2.75, 3.05) is 26.7 Å². The van der Waals surface area contributed by atoms with Crippen molar-refractivity contribution in [2.45, 2.75) is 38.8 Å². The van der Waals surface area contributed by atoms with E-state index in [1.165, 1.54) is 0 Å². The molecular weight excluding hydrogens is 190 g/mol. The van der Waals surface area contributed by atoms with Gasteiger partial charge in [-0.3, -0.25) is 9.69 Å². The van der Waals surface area contributed by atoms with Crippen LogP contribution in [0.3, 0.4) is 0 Å². The predicted octanol–water partition coefficient (Wildman–Crippen LogP) is 0.276. The number of rotatable bonds is 2. The Labute approximate surface area is 92.4 Å². The van der Waals surface area contributed by atoms with Crippen LogP contribution in [0.15, 0.2) is 0 Å². The molecule has 1 rings (SSSR count). The SMILES string of the molecule is CN1CCN(C(C)(C)C)C(=O)C1CCN. The van der Waals surface area contributed by atoms with Crippen LogP contribution < -0.4 is 5.73 Å². The molecule has 4 heteroatoms. The van der Waals surface area contributed by atoms with Gasteiger partial charge in [0, 0.05) is 18.6 Å². The Balaban J connectivity index is 2.77. The molecule has 1 atom stereocenters. The summed E-state index contributed by atoms with van der Waals surface area (Å²) in [6.45, 7) is 8.56. The van der Waals surface area contributed by atoms with Crippen LogP contribution in [0.5, 0.6) is 0 Å². The highest BCUT2D eigenvalue weighted by Crippen LogP contribution is 2.20. The van der Waals surface area contributed by atoms with Crippen LogP contribution in [0.2, 0.25) is 0 Å². The summed E-state index contributed by atoms with van der Waals surface area (Å²) in [6, 6.07) is -0.0250. The number of amides is 1. The van der Waals surface area contributed by atoms with Crippen molar-refractivity contribution in [3.8, 4) is 0 Å². The Bertz CT molecular complexity index is 234. The van der Waals surface area contributed by atoms with E-state index in [1.54, 1.807) is 0 Å². The van der Waals surface area contributed by atoms with E-state index >= 15 is 0 Å². The lowest BCUT2D eigenvalue weighted by Gasteiger charge is -2.45. The number of likely N-dealkylation sites (N-methyl/N-ethyl adjacent to an activating group) is 1. The first-order chi connectivity index (χ1) is 6.88. The van der Waals surface area contributed by atoms with E-state index in [-0.39, 0.29) is 17.5 Å². The molecule has 1 aliphatic rings. The maximum Gasteiger partial charge on any atom is 0.240 e. The van der Waals surface area contributed by atoms with Crippen molar-refractivity contribution in [3.05, 3.63) is 0 Å². The van der Waals surface area contributed by atoms with Crippen LogP contribution in [-0.4, -0.2) is 54.0 Å². The molecule has 1 heterocycles. The quantitative estimate of drug-likeness (QED) is 0.716. The number of nitrogens with two attached hydrogens (primary N) is 1. The summed E-state index contributed by atoms with van der Waals surface area (Å²) in [4.78, 5) is 16.3. The molecule has 0 aromatic carbocycles. The summed E-state index contributed by atoms with van der Waals surface area (Å²) in [5.74, 6) is 0.224. The van der Waals surface area contributed by atoms with Gasteiger partial charge in [-0.05, 0) is 40.8 Å². The summed E-state index contributed by atoms with van der Waals surface area (Å²) in [5.41, 5.74) is 5.46. The summed E-state index contributed by atoms with van der Waals surface area (Å²) in [6.07, 6.45) is 0.752. The number of hydrogen-bond acceptors (Lipinski definition) is 3. The van der Waals surface area contributed by atoms with Gasteiger partial charge in [-0.15, -0.1) is 0 Å². The third kappa shape index (κ3) is 2.69. The zero-order chi connectivity index (χ0) is 11.6. The number of carbonyl (C=O) groups excluding carboxylic acids is 1. The summed E-state index contributed by atoms with van der Waals surface area (Å²) < 4.78 is 0. The van der Waals surface area contributed by atoms with Gasteiger partial charge in [0.1, 0.15) is 0 Å². The predicted molar refractivity (Wildman–Crippen MR) is 61.6 cm³/mol. The van der Waals surface area contributed by atoms with Gasteiger partial charge in [0.05, 0.1) is 6.04 Å². The van der Waals surface area contributed by atoms with E-state index in [0.29, 0.717) is 6.54 Å². The normalized spacial score (nSPS) is 24.7. The van der Waals surface area contributed by atoms with E-state index in [2.05, 4.69) is 25.7 Å². The van der Waals surface area contributed by atoms with Crippen molar-refractivity contribution in [1.29, 1.82) is 0 Å². The summed E-state index contributed by atoms with van der Waals surface area (Å²) >= 11 is 0. The largest absolute Gasteiger partial charge is 0.335 e. The molecule has 1 saturated heterocycles. The van der Waals surface area contributed by atoms with Crippen LogP contribution >= 0.6 is 0 Å². The standard InChI is InChI=1S/C11H23N3O/c1-11(2,3)14-8-7-13(4)9(5-6-12)10(14)15/h9H,5-8,12H2,1-4H3. The monoisotopic (exact) mass is 213 g/mol. The zero-order valence-electron chi connectivity index (χ0n) is 10.3. The lowest BCUT2D eigenvalue weighted by molar-refractivity contribution is -0.146. The van der Waals surface area contributed by atoms with Gasteiger partial charge in [-0.2, -0.15) is 0 Å². The second-order valence-corrected chi connectivity index (χ2v) is 5.23. The molecule has 1 amide bonds. The van der Waals surface area contributed by atoms with Crippen molar-refractivity contribution in [1.82, 2.24) is 9.80 Å². The molecule has 4 nitrogen and oxygen atoms in total. The van der Waals surface area contributed by atoms with Crippen LogP contribution in [0.25, 0.3) is 0 Å². The third-order valence-electron chi connectivity index (χ3n) is 3.01. The average Bonchev–Trinajstić information content (AvgIpc) is 2.09. The Morgan fingerprint density at radius 3 is 2.47 bits per heavy atom. The summed E-state index contributed by atoms with van der Waals surface area (Å²) in [7, 11) is 2.00. The highest BCUT2D eigenvalue weighted by atomic mass is 16.2. The molecule has 15 heavy (non-hydrogen) atoms. The maximum atomic E-state index is 12.2. The van der Waals surface area contributed by atoms with Crippen LogP contribution in [0, 0.1) is 0 Å². The fourth-order valence-corrected chi connectivity index (χ4v) is 2.06. The molecule has 0 spiro atoms. The molecule has 0 aliphatic carbocycles.